The van der Waals surface area contributed by atoms with Crippen molar-refractivity contribution in [2.24, 2.45) is 0 Å². The summed E-state index contributed by atoms with van der Waals surface area (Å²) in [6.45, 7) is 2.35. The highest BCUT2D eigenvalue weighted by molar-refractivity contribution is 9.10. The average molecular weight is 435 g/mol. The molecule has 4 aromatic rings. The fourth-order valence-corrected chi connectivity index (χ4v) is 3.36. The zero-order valence-electron chi connectivity index (χ0n) is 15.4. The fourth-order valence-electron chi connectivity index (χ4n) is 3.09. The third-order valence-corrected chi connectivity index (χ3v) is 5.18. The van der Waals surface area contributed by atoms with Gasteiger partial charge in [0.1, 0.15) is 12.2 Å². The summed E-state index contributed by atoms with van der Waals surface area (Å²) in [5, 5.41) is 0.546. The summed E-state index contributed by atoms with van der Waals surface area (Å²) in [7, 11) is 0. The molecule has 0 atom stereocenters. The van der Waals surface area contributed by atoms with Crippen LogP contribution in [0.1, 0.15) is 18.1 Å². The van der Waals surface area contributed by atoms with Crippen LogP contribution in [0.5, 0.6) is 5.75 Å². The van der Waals surface area contributed by atoms with E-state index < -0.39 is 0 Å². The van der Waals surface area contributed by atoms with E-state index in [0.717, 1.165) is 27.6 Å². The van der Waals surface area contributed by atoms with Gasteiger partial charge in [-0.15, -0.1) is 0 Å². The van der Waals surface area contributed by atoms with Gasteiger partial charge < -0.3 is 9.15 Å². The largest absolute Gasteiger partial charge is 0.481 e. The highest BCUT2D eigenvalue weighted by Gasteiger charge is 2.18. The third kappa shape index (κ3) is 3.73. The second kappa shape index (κ2) is 8.03. The first-order chi connectivity index (χ1) is 13.7. The topological polar surface area (TPSA) is 39.4 Å². The first kappa shape index (κ1) is 18.5. The molecule has 0 bridgehead atoms. The molecule has 1 heterocycles. The molecule has 4 rings (SSSR count). The van der Waals surface area contributed by atoms with Crippen molar-refractivity contribution in [1.82, 2.24) is 0 Å². The lowest BCUT2D eigenvalue weighted by molar-refractivity contribution is 0.298. The molecular weight excluding hydrogens is 416 g/mol. The number of hydrogen-bond donors (Lipinski definition) is 0. The molecule has 0 N–H and O–H groups in total. The molecule has 0 aliphatic rings. The predicted molar refractivity (Wildman–Crippen MR) is 116 cm³/mol. The molecule has 0 aliphatic heterocycles. The molecule has 1 aromatic heterocycles. The van der Waals surface area contributed by atoms with Crippen LogP contribution in [0.3, 0.4) is 0 Å². The Bertz CT molecular complexity index is 1160. The Morgan fingerprint density at radius 1 is 0.929 bits per heavy atom. The van der Waals surface area contributed by atoms with Crippen LogP contribution in [0.25, 0.3) is 22.3 Å². The molecule has 0 saturated heterocycles. The van der Waals surface area contributed by atoms with Gasteiger partial charge in [0, 0.05) is 10.0 Å². The molecule has 3 aromatic carbocycles. The Kier molecular flexibility index (Phi) is 5.31. The minimum atomic E-state index is -0.146. The van der Waals surface area contributed by atoms with Gasteiger partial charge in [-0.2, -0.15) is 0 Å². The summed E-state index contributed by atoms with van der Waals surface area (Å²) in [6, 6.07) is 23.2. The van der Waals surface area contributed by atoms with Crippen LogP contribution in [0.15, 0.2) is 86.5 Å². The Labute approximate surface area is 171 Å². The zero-order chi connectivity index (χ0) is 19.5. The van der Waals surface area contributed by atoms with Gasteiger partial charge in [0.2, 0.25) is 11.2 Å². The lowest BCUT2D eigenvalue weighted by atomic mass is 10.1. The van der Waals surface area contributed by atoms with E-state index in [2.05, 4.69) is 22.9 Å². The fraction of sp³-hybridized carbons (Fsp3) is 0.125. The first-order valence-corrected chi connectivity index (χ1v) is 9.97. The van der Waals surface area contributed by atoms with Gasteiger partial charge in [0.25, 0.3) is 0 Å². The van der Waals surface area contributed by atoms with Crippen molar-refractivity contribution in [3.8, 4) is 17.1 Å². The van der Waals surface area contributed by atoms with E-state index in [4.69, 9.17) is 9.15 Å². The van der Waals surface area contributed by atoms with Crippen LogP contribution in [-0.4, -0.2) is 0 Å². The van der Waals surface area contributed by atoms with Crippen LogP contribution >= 0.6 is 15.9 Å². The highest BCUT2D eigenvalue weighted by Crippen LogP contribution is 2.31. The van der Waals surface area contributed by atoms with Crippen molar-refractivity contribution in [3.63, 3.8) is 0 Å². The summed E-state index contributed by atoms with van der Waals surface area (Å²) in [6.07, 6.45) is 0.852. The monoisotopic (exact) mass is 434 g/mol. The molecule has 0 saturated carbocycles. The van der Waals surface area contributed by atoms with E-state index >= 15 is 0 Å². The smallest absolute Gasteiger partial charge is 0.235 e. The highest BCUT2D eigenvalue weighted by atomic mass is 79.9. The van der Waals surface area contributed by atoms with Crippen molar-refractivity contribution in [2.45, 2.75) is 20.0 Å². The molecule has 28 heavy (non-hydrogen) atoms. The number of halogens is 1. The third-order valence-electron chi connectivity index (χ3n) is 4.65. The van der Waals surface area contributed by atoms with E-state index in [0.29, 0.717) is 16.7 Å². The predicted octanol–water partition coefficient (Wildman–Crippen LogP) is 6.36. The van der Waals surface area contributed by atoms with Gasteiger partial charge in [-0.1, -0.05) is 71.4 Å². The normalized spacial score (nSPS) is 10.9. The van der Waals surface area contributed by atoms with Crippen LogP contribution in [0.2, 0.25) is 0 Å². The molecule has 0 spiro atoms. The summed E-state index contributed by atoms with van der Waals surface area (Å²) in [4.78, 5) is 13.3. The number of rotatable bonds is 5. The Hall–Kier alpha value is -2.85. The summed E-state index contributed by atoms with van der Waals surface area (Å²) >= 11 is 3.43. The van der Waals surface area contributed by atoms with Gasteiger partial charge >= 0.3 is 0 Å². The van der Waals surface area contributed by atoms with E-state index in [9.17, 15) is 4.79 Å². The maximum atomic E-state index is 13.3. The SMILES string of the molecule is CCc1ccc2oc(-c3ccccc3)c(OCc3ccc(Br)cc3)c(=O)c2c1. The molecule has 0 fully saturated rings. The van der Waals surface area contributed by atoms with Crippen LogP contribution < -0.4 is 10.2 Å². The molecule has 0 aliphatic carbocycles. The maximum Gasteiger partial charge on any atom is 0.235 e. The minimum absolute atomic E-state index is 0.146. The van der Waals surface area contributed by atoms with Crippen LogP contribution in [-0.2, 0) is 13.0 Å². The number of aryl methyl sites for hydroxylation is 1. The van der Waals surface area contributed by atoms with Gasteiger partial charge in [0.15, 0.2) is 5.76 Å². The zero-order valence-corrected chi connectivity index (χ0v) is 17.0. The van der Waals surface area contributed by atoms with Crippen molar-refractivity contribution in [1.29, 1.82) is 0 Å². The van der Waals surface area contributed by atoms with Crippen LogP contribution in [0, 0.1) is 0 Å². The van der Waals surface area contributed by atoms with Crippen molar-refractivity contribution in [3.05, 3.63) is 98.6 Å². The van der Waals surface area contributed by atoms with E-state index in [1.807, 2.05) is 72.8 Å². The number of benzene rings is 3. The second-order valence-electron chi connectivity index (χ2n) is 6.55. The van der Waals surface area contributed by atoms with Gasteiger partial charge in [-0.25, -0.2) is 0 Å². The Balaban J connectivity index is 1.84. The molecule has 0 amide bonds. The summed E-state index contributed by atoms with van der Waals surface area (Å²) in [5.74, 6) is 0.703. The molecule has 140 valence electrons. The van der Waals surface area contributed by atoms with Gasteiger partial charge in [-0.3, -0.25) is 4.79 Å². The number of hydrogen-bond acceptors (Lipinski definition) is 3. The molecule has 0 unspecified atom stereocenters. The van der Waals surface area contributed by atoms with Crippen LogP contribution in [0.4, 0.5) is 0 Å². The number of fused-ring (bicyclic) bond motifs is 1. The van der Waals surface area contributed by atoms with Crippen molar-refractivity contribution in [2.75, 3.05) is 0 Å². The van der Waals surface area contributed by atoms with Gasteiger partial charge in [0.05, 0.1) is 5.39 Å². The maximum absolute atomic E-state index is 13.3. The Morgan fingerprint density at radius 2 is 1.64 bits per heavy atom. The quantitative estimate of drug-likeness (QED) is 0.366. The van der Waals surface area contributed by atoms with E-state index in [1.54, 1.807) is 0 Å². The van der Waals surface area contributed by atoms with Crippen molar-refractivity contribution >= 4 is 26.9 Å². The lowest BCUT2D eigenvalue weighted by Gasteiger charge is -2.12. The van der Waals surface area contributed by atoms with Crippen molar-refractivity contribution < 1.29 is 9.15 Å². The molecular formula is C24H19BrO3. The molecule has 0 radical (unpaired) electrons. The first-order valence-electron chi connectivity index (χ1n) is 9.18. The Morgan fingerprint density at radius 3 is 2.36 bits per heavy atom. The number of ether oxygens (including phenoxy) is 1. The molecule has 4 heteroatoms. The van der Waals surface area contributed by atoms with E-state index in [-0.39, 0.29) is 17.8 Å². The minimum Gasteiger partial charge on any atom is -0.481 e. The average Bonchev–Trinajstić information content (AvgIpc) is 2.74. The van der Waals surface area contributed by atoms with E-state index in [1.165, 1.54) is 0 Å². The van der Waals surface area contributed by atoms with Gasteiger partial charge in [-0.05, 0) is 41.8 Å². The molecule has 3 nitrogen and oxygen atoms in total. The lowest BCUT2D eigenvalue weighted by Crippen LogP contribution is -2.10. The summed E-state index contributed by atoms with van der Waals surface area (Å²) in [5.41, 5.74) is 3.30. The standard InChI is InChI=1S/C24H19BrO3/c1-2-16-10-13-21-20(14-16)22(26)24(23(28-21)18-6-4-3-5-7-18)27-15-17-8-11-19(25)12-9-17/h3-14H,2,15H2,1H3. The summed E-state index contributed by atoms with van der Waals surface area (Å²) < 4.78 is 13.1. The second-order valence-corrected chi connectivity index (χ2v) is 7.47.